The van der Waals surface area contributed by atoms with Gasteiger partial charge >= 0.3 is 6.09 Å². The molecule has 12 heteroatoms. The highest BCUT2D eigenvalue weighted by Crippen LogP contribution is 2.13. The fourth-order valence-corrected chi connectivity index (χ4v) is 4.10. The fraction of sp³-hybridized carbons (Fsp3) is 0.200. The molecule has 0 saturated carbocycles. The van der Waals surface area contributed by atoms with Gasteiger partial charge in [-0.05, 0) is 35.7 Å². The van der Waals surface area contributed by atoms with Crippen LogP contribution < -0.4 is 20.1 Å². The van der Waals surface area contributed by atoms with Gasteiger partial charge in [0, 0.05) is 25.4 Å². The molecule has 1 aromatic heterocycles. The second kappa shape index (κ2) is 13.1. The third-order valence-corrected chi connectivity index (χ3v) is 6.33. The maximum atomic E-state index is 12.6. The molecule has 0 aliphatic carbocycles. The first kappa shape index (κ1) is 27.3. The lowest BCUT2D eigenvalue weighted by atomic mass is 10.1. The van der Waals surface area contributed by atoms with Crippen molar-refractivity contribution in [1.82, 2.24) is 20.3 Å². The summed E-state index contributed by atoms with van der Waals surface area (Å²) >= 11 is 0. The van der Waals surface area contributed by atoms with Gasteiger partial charge in [-0.1, -0.05) is 42.5 Å². The van der Waals surface area contributed by atoms with E-state index in [9.17, 15) is 22.8 Å². The molecule has 0 unspecified atom stereocenters. The number of aromatic nitrogens is 1. The second-order valence-electron chi connectivity index (χ2n) is 7.77. The summed E-state index contributed by atoms with van der Waals surface area (Å²) in [5.41, 5.74) is 1.67. The number of sulfonamides is 1. The molecule has 0 spiro atoms. The van der Waals surface area contributed by atoms with Gasteiger partial charge in [-0.15, -0.1) is 0 Å². The zero-order valence-corrected chi connectivity index (χ0v) is 20.5. The zero-order chi connectivity index (χ0) is 26.7. The molecule has 0 fully saturated rings. The van der Waals surface area contributed by atoms with Gasteiger partial charge in [-0.3, -0.25) is 9.59 Å². The van der Waals surface area contributed by atoms with Crippen molar-refractivity contribution >= 4 is 27.9 Å². The van der Waals surface area contributed by atoms with Crippen LogP contribution in [0.15, 0.2) is 77.8 Å². The fourth-order valence-electron chi connectivity index (χ4n) is 3.13. The van der Waals surface area contributed by atoms with E-state index in [0.29, 0.717) is 13.0 Å². The summed E-state index contributed by atoms with van der Waals surface area (Å²) < 4.78 is 32.0. The number of carbonyl (C=O) groups is 3. The molecule has 0 atom stereocenters. The standard InChI is InChI=1S/C25H26N4O7S/c30-15-14-27-25(33)36-23-11-8-20(17-28-23)24(32)29-37(34,35)21-9-6-18(7-10-21)12-13-26-22(31)16-19-4-2-1-3-5-19/h1-11,17,30H,12-16H2,(H,26,31)(H,27,33)(H,29,32). The third kappa shape index (κ3) is 8.70. The van der Waals surface area contributed by atoms with Gasteiger partial charge in [-0.25, -0.2) is 22.9 Å². The lowest BCUT2D eigenvalue weighted by Crippen LogP contribution is -2.31. The minimum absolute atomic E-state index is 0.00345. The number of pyridine rings is 1. The van der Waals surface area contributed by atoms with Gasteiger partial charge in [0.2, 0.25) is 11.8 Å². The van der Waals surface area contributed by atoms with Crippen LogP contribution >= 0.6 is 0 Å². The molecule has 0 saturated heterocycles. The van der Waals surface area contributed by atoms with Crippen LogP contribution in [-0.2, 0) is 27.7 Å². The molecule has 2 aromatic carbocycles. The van der Waals surface area contributed by atoms with Crippen LogP contribution in [0, 0.1) is 0 Å². The van der Waals surface area contributed by atoms with E-state index in [0.717, 1.165) is 17.3 Å². The van der Waals surface area contributed by atoms with Crippen LogP contribution in [0.4, 0.5) is 4.79 Å². The Morgan fingerprint density at radius 2 is 1.59 bits per heavy atom. The Labute approximate surface area is 213 Å². The minimum atomic E-state index is -4.15. The Morgan fingerprint density at radius 1 is 0.865 bits per heavy atom. The number of carbonyl (C=O) groups excluding carboxylic acids is 3. The van der Waals surface area contributed by atoms with Gasteiger partial charge in [0.15, 0.2) is 0 Å². The van der Waals surface area contributed by atoms with E-state index in [4.69, 9.17) is 9.84 Å². The number of aliphatic hydroxyl groups excluding tert-OH is 1. The second-order valence-corrected chi connectivity index (χ2v) is 9.45. The molecule has 3 rings (SSSR count). The molecular weight excluding hydrogens is 500 g/mol. The van der Waals surface area contributed by atoms with Crippen molar-refractivity contribution < 1.29 is 32.6 Å². The van der Waals surface area contributed by atoms with Crippen LogP contribution in [0.5, 0.6) is 5.88 Å². The molecule has 0 radical (unpaired) electrons. The van der Waals surface area contributed by atoms with E-state index in [1.54, 1.807) is 12.1 Å². The monoisotopic (exact) mass is 526 g/mol. The summed E-state index contributed by atoms with van der Waals surface area (Å²) in [4.78, 5) is 39.6. The lowest BCUT2D eigenvalue weighted by molar-refractivity contribution is -0.120. The molecule has 3 amide bonds. The van der Waals surface area contributed by atoms with Gasteiger partial charge in [0.05, 0.1) is 23.5 Å². The summed E-state index contributed by atoms with van der Waals surface area (Å²) in [7, 11) is -4.15. The number of nitrogens with zero attached hydrogens (tertiary/aromatic N) is 1. The van der Waals surface area contributed by atoms with Crippen molar-refractivity contribution in [3.8, 4) is 5.88 Å². The Kier molecular flexibility index (Phi) is 9.69. The lowest BCUT2D eigenvalue weighted by Gasteiger charge is -2.09. The van der Waals surface area contributed by atoms with Crippen LogP contribution in [-0.4, -0.2) is 56.1 Å². The van der Waals surface area contributed by atoms with Crippen LogP contribution in [0.1, 0.15) is 21.5 Å². The first-order chi connectivity index (χ1) is 17.8. The highest BCUT2D eigenvalue weighted by molar-refractivity contribution is 7.90. The van der Waals surface area contributed by atoms with Gasteiger partial charge in [-0.2, -0.15) is 0 Å². The Bertz CT molecular complexity index is 1310. The van der Waals surface area contributed by atoms with Gasteiger partial charge < -0.3 is 20.5 Å². The Hall–Kier alpha value is -4.29. The van der Waals surface area contributed by atoms with Crippen molar-refractivity contribution in [1.29, 1.82) is 0 Å². The van der Waals surface area contributed by atoms with Crippen molar-refractivity contribution in [2.45, 2.75) is 17.7 Å². The molecule has 3 aromatic rings. The summed E-state index contributed by atoms with van der Waals surface area (Å²) in [6.45, 7) is 0.139. The van der Waals surface area contributed by atoms with Gasteiger partial charge in [0.1, 0.15) is 0 Å². The highest BCUT2D eigenvalue weighted by atomic mass is 32.2. The molecule has 194 valence electrons. The number of aliphatic hydroxyl groups is 1. The quantitative estimate of drug-likeness (QED) is 0.289. The molecule has 0 aliphatic rings. The van der Waals surface area contributed by atoms with Gasteiger partial charge in [0.25, 0.3) is 15.9 Å². The number of rotatable bonds is 11. The Morgan fingerprint density at radius 3 is 2.24 bits per heavy atom. The maximum Gasteiger partial charge on any atom is 0.414 e. The summed E-state index contributed by atoms with van der Waals surface area (Å²) in [5.74, 6) is -1.12. The first-order valence-electron chi connectivity index (χ1n) is 11.3. The average molecular weight is 527 g/mol. The Balaban J connectivity index is 1.49. The van der Waals surface area contributed by atoms with Crippen molar-refractivity contribution in [2.24, 2.45) is 0 Å². The number of hydrogen-bond donors (Lipinski definition) is 4. The average Bonchev–Trinajstić information content (AvgIpc) is 2.88. The third-order valence-electron chi connectivity index (χ3n) is 4.98. The number of nitrogens with one attached hydrogen (secondary N) is 3. The van der Waals surface area contributed by atoms with E-state index in [2.05, 4.69) is 15.6 Å². The maximum absolute atomic E-state index is 12.6. The zero-order valence-electron chi connectivity index (χ0n) is 19.7. The van der Waals surface area contributed by atoms with E-state index in [1.807, 2.05) is 35.1 Å². The van der Waals surface area contributed by atoms with Crippen molar-refractivity contribution in [2.75, 3.05) is 19.7 Å². The number of amides is 3. The molecule has 37 heavy (non-hydrogen) atoms. The van der Waals surface area contributed by atoms with Crippen LogP contribution in [0.25, 0.3) is 0 Å². The molecule has 0 aliphatic heterocycles. The highest BCUT2D eigenvalue weighted by Gasteiger charge is 2.19. The summed E-state index contributed by atoms with van der Waals surface area (Å²) in [6, 6.07) is 17.8. The van der Waals surface area contributed by atoms with Crippen LogP contribution in [0.2, 0.25) is 0 Å². The molecule has 0 bridgehead atoms. The summed E-state index contributed by atoms with van der Waals surface area (Å²) in [5, 5.41) is 13.8. The predicted octanol–water partition coefficient (Wildman–Crippen LogP) is 1.18. The molecule has 11 nitrogen and oxygen atoms in total. The topological polar surface area (TPSA) is 164 Å². The van der Waals surface area contributed by atoms with E-state index >= 15 is 0 Å². The van der Waals surface area contributed by atoms with Crippen LogP contribution in [0.3, 0.4) is 0 Å². The van der Waals surface area contributed by atoms with E-state index in [1.165, 1.54) is 24.3 Å². The summed E-state index contributed by atoms with van der Waals surface area (Å²) in [6.07, 6.45) is 1.02. The number of benzene rings is 2. The number of ether oxygens (including phenoxy) is 1. The predicted molar refractivity (Wildman–Crippen MR) is 133 cm³/mol. The number of hydrogen-bond acceptors (Lipinski definition) is 8. The van der Waals surface area contributed by atoms with Crippen molar-refractivity contribution in [3.05, 3.63) is 89.6 Å². The van der Waals surface area contributed by atoms with E-state index in [-0.39, 0.29) is 41.8 Å². The van der Waals surface area contributed by atoms with Crippen molar-refractivity contribution in [3.63, 3.8) is 0 Å². The molecule has 1 heterocycles. The SMILES string of the molecule is O=C(Cc1ccccc1)NCCc1ccc(S(=O)(=O)NC(=O)c2ccc(OC(=O)NCCO)nc2)cc1. The first-order valence-corrected chi connectivity index (χ1v) is 12.7. The largest absolute Gasteiger partial charge is 0.414 e. The molecular formula is C25H26N4O7S. The molecule has 4 N–H and O–H groups in total. The van der Waals surface area contributed by atoms with E-state index < -0.39 is 22.0 Å². The smallest absolute Gasteiger partial charge is 0.395 e. The normalized spacial score (nSPS) is 10.8. The minimum Gasteiger partial charge on any atom is -0.395 e.